The molecule has 0 bridgehead atoms. The lowest BCUT2D eigenvalue weighted by molar-refractivity contribution is -0.116. The normalized spacial score (nSPS) is 13.9. The summed E-state index contributed by atoms with van der Waals surface area (Å²) in [5, 5.41) is 5.73. The maximum atomic E-state index is 12.5. The summed E-state index contributed by atoms with van der Waals surface area (Å²) in [6, 6.07) is 14.3. The second-order valence-electron chi connectivity index (χ2n) is 6.43. The molecule has 0 radical (unpaired) electrons. The number of benzene rings is 2. The van der Waals surface area contributed by atoms with Gasteiger partial charge in [-0.1, -0.05) is 30.3 Å². The quantitative estimate of drug-likeness (QED) is 0.678. The summed E-state index contributed by atoms with van der Waals surface area (Å²) in [6.45, 7) is 0. The van der Waals surface area contributed by atoms with E-state index in [0.29, 0.717) is 17.0 Å². The zero-order valence-electron chi connectivity index (χ0n) is 15.1. The Kier molecular flexibility index (Phi) is 7.21. The first-order valence-electron chi connectivity index (χ1n) is 8.66. The van der Waals surface area contributed by atoms with Crippen LogP contribution in [-0.4, -0.2) is 25.0 Å². The molecule has 0 aromatic heterocycles. The van der Waals surface area contributed by atoms with Crippen molar-refractivity contribution in [2.24, 2.45) is 5.73 Å². The molecule has 0 spiro atoms. The molecule has 1 aliphatic rings. The molecular formula is C20H24ClN3O3. The van der Waals surface area contributed by atoms with Crippen LogP contribution in [0.2, 0.25) is 0 Å². The molecule has 6 nitrogen and oxygen atoms in total. The van der Waals surface area contributed by atoms with Crippen molar-refractivity contribution in [3.63, 3.8) is 0 Å². The Labute approximate surface area is 164 Å². The van der Waals surface area contributed by atoms with Crippen LogP contribution in [0.1, 0.15) is 41.2 Å². The lowest BCUT2D eigenvalue weighted by Crippen LogP contribution is -2.27. The molecule has 1 atom stereocenters. The Morgan fingerprint density at radius 1 is 1.19 bits per heavy atom. The number of hydrogen-bond acceptors (Lipinski definition) is 4. The van der Waals surface area contributed by atoms with E-state index in [1.165, 1.54) is 7.11 Å². The smallest absolute Gasteiger partial charge is 0.253 e. The van der Waals surface area contributed by atoms with Crippen LogP contribution in [0.25, 0.3) is 0 Å². The number of halogens is 1. The lowest BCUT2D eigenvalue weighted by Gasteiger charge is -2.15. The largest absolute Gasteiger partial charge is 0.497 e. The molecular weight excluding hydrogens is 366 g/mol. The predicted molar refractivity (Wildman–Crippen MR) is 107 cm³/mol. The highest BCUT2D eigenvalue weighted by atomic mass is 35.5. The number of hydrogen-bond donors (Lipinski definition) is 3. The fourth-order valence-corrected chi connectivity index (χ4v) is 2.66. The van der Waals surface area contributed by atoms with Gasteiger partial charge in [0.05, 0.1) is 18.4 Å². The number of ether oxygens (including phenoxy) is 1. The third-order valence-electron chi connectivity index (χ3n) is 4.29. The molecule has 2 amide bonds. The summed E-state index contributed by atoms with van der Waals surface area (Å²) in [7, 11) is 1.54. The van der Waals surface area contributed by atoms with Gasteiger partial charge in [0, 0.05) is 18.5 Å². The van der Waals surface area contributed by atoms with Crippen LogP contribution >= 0.6 is 12.4 Å². The fraction of sp³-hybridized carbons (Fsp3) is 0.300. The molecule has 7 heteroatoms. The number of nitrogens with one attached hydrogen (secondary N) is 2. The maximum absolute atomic E-state index is 12.5. The van der Waals surface area contributed by atoms with Gasteiger partial charge in [-0.15, -0.1) is 12.4 Å². The Bertz CT molecular complexity index is 794. The van der Waals surface area contributed by atoms with Crippen LogP contribution < -0.4 is 21.1 Å². The summed E-state index contributed by atoms with van der Waals surface area (Å²) >= 11 is 0. The van der Waals surface area contributed by atoms with Gasteiger partial charge in [-0.25, -0.2) is 0 Å². The monoisotopic (exact) mass is 389 g/mol. The first-order valence-corrected chi connectivity index (χ1v) is 8.66. The first kappa shape index (κ1) is 20.7. The zero-order chi connectivity index (χ0) is 18.5. The number of methoxy groups -OCH3 is 1. The number of amides is 2. The molecule has 27 heavy (non-hydrogen) atoms. The van der Waals surface area contributed by atoms with Gasteiger partial charge in [-0.05, 0) is 36.6 Å². The molecule has 4 N–H and O–H groups in total. The third-order valence-corrected chi connectivity index (χ3v) is 4.29. The van der Waals surface area contributed by atoms with Crippen molar-refractivity contribution in [1.82, 2.24) is 5.32 Å². The Morgan fingerprint density at radius 2 is 1.89 bits per heavy atom. The average Bonchev–Trinajstić information content (AvgIpc) is 3.46. The van der Waals surface area contributed by atoms with Crippen molar-refractivity contribution < 1.29 is 14.3 Å². The highest BCUT2D eigenvalue weighted by molar-refractivity contribution is 6.04. The highest BCUT2D eigenvalue weighted by Crippen LogP contribution is 2.25. The first-order chi connectivity index (χ1) is 12.6. The second kappa shape index (κ2) is 9.39. The van der Waals surface area contributed by atoms with Gasteiger partial charge in [0.15, 0.2) is 0 Å². The van der Waals surface area contributed by atoms with Crippen molar-refractivity contribution >= 4 is 29.9 Å². The van der Waals surface area contributed by atoms with Crippen LogP contribution in [-0.2, 0) is 4.79 Å². The van der Waals surface area contributed by atoms with E-state index in [1.54, 1.807) is 18.2 Å². The molecule has 3 rings (SSSR count). The minimum Gasteiger partial charge on any atom is -0.497 e. The Morgan fingerprint density at radius 3 is 2.52 bits per heavy atom. The molecule has 1 fully saturated rings. The predicted octanol–water partition coefficient (Wildman–Crippen LogP) is 3.04. The van der Waals surface area contributed by atoms with Crippen LogP contribution in [0.3, 0.4) is 0 Å². The van der Waals surface area contributed by atoms with E-state index in [9.17, 15) is 9.59 Å². The van der Waals surface area contributed by atoms with Gasteiger partial charge in [0.1, 0.15) is 5.75 Å². The number of carbonyl (C=O) groups is 2. The van der Waals surface area contributed by atoms with Gasteiger partial charge < -0.3 is 21.1 Å². The molecule has 0 saturated heterocycles. The van der Waals surface area contributed by atoms with E-state index >= 15 is 0 Å². The minimum atomic E-state index is -0.404. The maximum Gasteiger partial charge on any atom is 0.253 e. The van der Waals surface area contributed by atoms with Crippen LogP contribution in [0.15, 0.2) is 48.5 Å². The summed E-state index contributed by atoms with van der Waals surface area (Å²) in [6.07, 6.45) is 2.10. The van der Waals surface area contributed by atoms with Crippen LogP contribution in [0.4, 0.5) is 5.69 Å². The number of nitrogens with two attached hydrogens (primary N) is 1. The van der Waals surface area contributed by atoms with Gasteiger partial charge >= 0.3 is 0 Å². The zero-order valence-corrected chi connectivity index (χ0v) is 15.9. The molecule has 2 aromatic rings. The van der Waals surface area contributed by atoms with Crippen molar-refractivity contribution in [3.8, 4) is 5.75 Å². The molecule has 0 aliphatic heterocycles. The van der Waals surface area contributed by atoms with Crippen LogP contribution in [0, 0.1) is 0 Å². The molecule has 1 aliphatic carbocycles. The van der Waals surface area contributed by atoms with Crippen molar-refractivity contribution in [3.05, 3.63) is 59.7 Å². The lowest BCUT2D eigenvalue weighted by atomic mass is 10.0. The van der Waals surface area contributed by atoms with Crippen molar-refractivity contribution in [2.45, 2.75) is 31.3 Å². The van der Waals surface area contributed by atoms with E-state index in [2.05, 4.69) is 10.6 Å². The minimum absolute atomic E-state index is 0. The number of anilines is 1. The van der Waals surface area contributed by atoms with Gasteiger partial charge in [0.25, 0.3) is 5.91 Å². The van der Waals surface area contributed by atoms with Crippen molar-refractivity contribution in [1.29, 1.82) is 0 Å². The average molecular weight is 390 g/mol. The summed E-state index contributed by atoms with van der Waals surface area (Å²) in [5.41, 5.74) is 7.84. The number of carbonyl (C=O) groups excluding carboxylic acids is 2. The second-order valence-corrected chi connectivity index (χ2v) is 6.43. The standard InChI is InChI=1S/C20H23N3O3.ClH/c1-26-15-9-10-18(16(11-15)20(25)22-14-7-8-14)23-19(24)12-17(21)13-5-3-2-4-6-13;/h2-6,9-11,14,17H,7-8,12,21H2,1H3,(H,22,25)(H,23,24);1H. The van der Waals surface area contributed by atoms with Gasteiger partial charge in [-0.3, -0.25) is 9.59 Å². The van der Waals surface area contributed by atoms with Crippen molar-refractivity contribution in [2.75, 3.05) is 12.4 Å². The van der Waals surface area contributed by atoms with Gasteiger partial charge in [-0.2, -0.15) is 0 Å². The fourth-order valence-electron chi connectivity index (χ4n) is 2.66. The topological polar surface area (TPSA) is 93.4 Å². The molecule has 144 valence electrons. The Balaban J connectivity index is 0.00000261. The molecule has 1 unspecified atom stereocenters. The third kappa shape index (κ3) is 5.70. The van der Waals surface area contributed by atoms with Gasteiger partial charge in [0.2, 0.25) is 5.91 Å². The van der Waals surface area contributed by atoms with E-state index in [-0.39, 0.29) is 36.7 Å². The number of rotatable bonds is 7. The molecule has 1 saturated carbocycles. The van der Waals surface area contributed by atoms with Crippen LogP contribution in [0.5, 0.6) is 5.75 Å². The highest BCUT2D eigenvalue weighted by Gasteiger charge is 2.25. The SMILES string of the molecule is COc1ccc(NC(=O)CC(N)c2ccccc2)c(C(=O)NC2CC2)c1.Cl. The summed E-state index contributed by atoms with van der Waals surface area (Å²) in [4.78, 5) is 24.9. The van der Waals surface area contributed by atoms with E-state index in [0.717, 1.165) is 18.4 Å². The molecule has 2 aromatic carbocycles. The Hall–Kier alpha value is -2.57. The van der Waals surface area contributed by atoms with E-state index in [4.69, 9.17) is 10.5 Å². The van der Waals surface area contributed by atoms with E-state index in [1.807, 2.05) is 30.3 Å². The summed E-state index contributed by atoms with van der Waals surface area (Å²) in [5.74, 6) is 0.103. The molecule has 0 heterocycles. The summed E-state index contributed by atoms with van der Waals surface area (Å²) < 4.78 is 5.20. The van der Waals surface area contributed by atoms with E-state index < -0.39 is 6.04 Å².